The lowest BCUT2D eigenvalue weighted by atomic mass is 9.76. The van der Waals surface area contributed by atoms with E-state index in [1.165, 1.54) is 0 Å². The van der Waals surface area contributed by atoms with E-state index in [1.54, 1.807) is 0 Å². The number of fused-ring (bicyclic) bond motifs is 2. The normalized spacial score (nSPS) is 35.0. The van der Waals surface area contributed by atoms with Crippen molar-refractivity contribution >= 4 is 29.5 Å². The summed E-state index contributed by atoms with van der Waals surface area (Å²) in [4.78, 5) is 0. The molecule has 2 bridgehead atoms. The molecule has 0 aromatic heterocycles. The second kappa shape index (κ2) is 6.08. The largest absolute Gasteiger partial charge is 0.499 e. The van der Waals surface area contributed by atoms with Gasteiger partial charge in [-0.05, 0) is 42.4 Å². The van der Waals surface area contributed by atoms with Crippen molar-refractivity contribution in [3.63, 3.8) is 0 Å². The fraction of sp³-hybridized carbons (Fsp3) is 1.00. The third kappa shape index (κ3) is 3.58. The van der Waals surface area contributed by atoms with Crippen LogP contribution in [-0.2, 0) is 29.5 Å². The third-order valence-corrected chi connectivity index (χ3v) is 14.4. The predicted molar refractivity (Wildman–Crippen MR) is 85.4 cm³/mol. The summed E-state index contributed by atoms with van der Waals surface area (Å²) < 4.78 is 106. The van der Waals surface area contributed by atoms with Crippen molar-refractivity contribution in [2.45, 2.75) is 36.1 Å². The van der Waals surface area contributed by atoms with Gasteiger partial charge in [0.1, 0.15) is 0 Å². The summed E-state index contributed by atoms with van der Waals surface area (Å²) in [5.41, 5.74) is -5.97. The molecule has 12 heteroatoms. The molecule has 6 atom stereocenters. The van der Waals surface area contributed by atoms with E-state index in [2.05, 4.69) is 0 Å². The molecule has 2 rings (SSSR count). The number of hydrogen-bond donors (Lipinski definition) is 0. The van der Waals surface area contributed by atoms with Gasteiger partial charge in [-0.15, -0.1) is 0 Å². The monoisotopic (exact) mass is 426 g/mol. The van der Waals surface area contributed by atoms with Crippen molar-refractivity contribution in [1.82, 2.24) is 0 Å². The van der Waals surface area contributed by atoms with Gasteiger partial charge in [0.05, 0.1) is 5.75 Å². The predicted octanol–water partition coefficient (Wildman–Crippen LogP) is 1.59. The lowest BCUT2D eigenvalue weighted by Gasteiger charge is -2.32. The van der Waals surface area contributed by atoms with Crippen LogP contribution < -0.4 is 0 Å². The van der Waals surface area contributed by atoms with Crippen molar-refractivity contribution in [2.75, 3.05) is 12.0 Å². The van der Waals surface area contributed by atoms with Crippen LogP contribution in [0, 0.1) is 29.6 Å². The molecule has 0 spiro atoms. The van der Waals surface area contributed by atoms with Gasteiger partial charge in [0.25, 0.3) is 13.8 Å². The van der Waals surface area contributed by atoms with Gasteiger partial charge >= 0.3 is 5.51 Å². The molecule has 0 aliphatic heterocycles. The van der Waals surface area contributed by atoms with Crippen molar-refractivity contribution in [2.24, 2.45) is 29.6 Å². The molecule has 2 saturated carbocycles. The molecule has 0 radical (unpaired) electrons. The minimum absolute atomic E-state index is 0.0522. The highest BCUT2D eigenvalue weighted by atomic mass is 32.3. The maximum atomic E-state index is 12.8. The van der Waals surface area contributed by atoms with E-state index >= 15 is 0 Å². The van der Waals surface area contributed by atoms with Crippen LogP contribution in [0.15, 0.2) is 0 Å². The van der Waals surface area contributed by atoms with Gasteiger partial charge in [-0.1, -0.05) is 13.8 Å². The van der Waals surface area contributed by atoms with Gasteiger partial charge in [0.15, 0.2) is 19.7 Å². The molecule has 0 saturated heterocycles. The standard InChI is InChI=1S/C13H21F3O6S3/c1-7-8(2)11-5-9(7)4-10(11)6-24(19,20)12(23(3,17)18)25(21,22)13(14,15)16/h7-12H,4-6H2,1-3H3. The Labute approximate surface area is 145 Å². The molecule has 2 aliphatic rings. The maximum absolute atomic E-state index is 12.8. The molecule has 6 unspecified atom stereocenters. The lowest BCUT2D eigenvalue weighted by molar-refractivity contribution is -0.0434. The average Bonchev–Trinajstić information content (AvgIpc) is 2.85. The first-order chi connectivity index (χ1) is 11.0. The summed E-state index contributed by atoms with van der Waals surface area (Å²) in [5, 5.41) is 0. The highest BCUT2D eigenvalue weighted by Gasteiger charge is 2.61. The Morgan fingerprint density at radius 3 is 1.84 bits per heavy atom. The zero-order chi connectivity index (χ0) is 19.6. The number of sulfone groups is 3. The highest BCUT2D eigenvalue weighted by molar-refractivity contribution is 8.24. The van der Waals surface area contributed by atoms with Crippen LogP contribution in [0.5, 0.6) is 0 Å². The molecule has 0 N–H and O–H groups in total. The number of hydrogen-bond acceptors (Lipinski definition) is 6. The van der Waals surface area contributed by atoms with E-state index in [-0.39, 0.29) is 24.0 Å². The van der Waals surface area contributed by atoms with E-state index in [9.17, 15) is 38.4 Å². The fourth-order valence-corrected chi connectivity index (χ4v) is 12.5. The first-order valence-corrected chi connectivity index (χ1v) is 12.9. The van der Waals surface area contributed by atoms with Crippen LogP contribution in [0.25, 0.3) is 0 Å². The summed E-state index contributed by atoms with van der Waals surface area (Å²) >= 11 is 0. The van der Waals surface area contributed by atoms with Gasteiger partial charge < -0.3 is 0 Å². The molecule has 0 aromatic rings. The number of rotatable bonds is 5. The first kappa shape index (κ1) is 20.9. The van der Waals surface area contributed by atoms with Gasteiger partial charge in [0, 0.05) is 6.26 Å². The van der Waals surface area contributed by atoms with Crippen LogP contribution in [0.1, 0.15) is 26.7 Å². The Kier molecular flexibility index (Phi) is 5.09. The van der Waals surface area contributed by atoms with Crippen LogP contribution in [0.2, 0.25) is 0 Å². The second-order valence-electron chi connectivity index (χ2n) is 7.31. The first-order valence-electron chi connectivity index (χ1n) is 7.70. The van der Waals surface area contributed by atoms with Gasteiger partial charge in [-0.3, -0.25) is 0 Å². The van der Waals surface area contributed by atoms with E-state index in [0.29, 0.717) is 12.3 Å². The molecule has 0 amide bonds. The zero-order valence-corrected chi connectivity index (χ0v) is 16.3. The van der Waals surface area contributed by atoms with Crippen molar-refractivity contribution in [3.05, 3.63) is 0 Å². The molecular formula is C13H21F3O6S3. The summed E-state index contributed by atoms with van der Waals surface area (Å²) in [6.45, 7) is 3.95. The summed E-state index contributed by atoms with van der Waals surface area (Å²) in [7, 11) is -16.5. The molecule has 25 heavy (non-hydrogen) atoms. The molecule has 148 valence electrons. The van der Waals surface area contributed by atoms with Gasteiger partial charge in [-0.25, -0.2) is 25.3 Å². The average molecular weight is 427 g/mol. The summed E-state index contributed by atoms with van der Waals surface area (Å²) in [5.74, 6) is -0.685. The third-order valence-electron chi connectivity index (χ3n) is 5.70. The van der Waals surface area contributed by atoms with Crippen LogP contribution in [-0.4, -0.2) is 46.7 Å². The van der Waals surface area contributed by atoms with E-state index in [0.717, 1.165) is 6.42 Å². The van der Waals surface area contributed by atoms with Crippen LogP contribution in [0.4, 0.5) is 13.2 Å². The summed E-state index contributed by atoms with van der Waals surface area (Å²) in [6, 6.07) is 0. The Morgan fingerprint density at radius 2 is 1.48 bits per heavy atom. The Balaban J connectivity index is 2.39. The Bertz CT molecular complexity index is 842. The smallest absolute Gasteiger partial charge is 0.227 e. The summed E-state index contributed by atoms with van der Waals surface area (Å²) in [6.07, 6.45) is 1.39. The van der Waals surface area contributed by atoms with Crippen molar-refractivity contribution < 1.29 is 38.4 Å². The second-order valence-corrected chi connectivity index (χ2v) is 14.5. The quantitative estimate of drug-likeness (QED) is 0.662. The molecule has 2 aliphatic carbocycles. The molecular weight excluding hydrogens is 405 g/mol. The van der Waals surface area contributed by atoms with E-state index in [1.807, 2.05) is 13.8 Å². The lowest BCUT2D eigenvalue weighted by Crippen LogP contribution is -2.46. The maximum Gasteiger partial charge on any atom is 0.499 e. The van der Waals surface area contributed by atoms with Gasteiger partial charge in [-0.2, -0.15) is 13.2 Å². The van der Waals surface area contributed by atoms with E-state index < -0.39 is 50.6 Å². The molecule has 6 nitrogen and oxygen atoms in total. The minimum atomic E-state index is -6.41. The highest BCUT2D eigenvalue weighted by Crippen LogP contribution is 2.55. The topological polar surface area (TPSA) is 102 Å². The fourth-order valence-electron chi connectivity index (χ4n) is 4.46. The number of alkyl halides is 3. The van der Waals surface area contributed by atoms with Crippen molar-refractivity contribution in [1.29, 1.82) is 0 Å². The number of halogens is 3. The van der Waals surface area contributed by atoms with Crippen LogP contribution >= 0.6 is 0 Å². The molecule has 2 fully saturated rings. The molecule has 0 heterocycles. The SMILES string of the molecule is CC1C2CC(CS(=O)(=O)C(S(C)(=O)=O)S(=O)(=O)C(F)(F)F)C(C2)C1C. The van der Waals surface area contributed by atoms with E-state index in [4.69, 9.17) is 0 Å². The van der Waals surface area contributed by atoms with Gasteiger partial charge in [0.2, 0.25) is 0 Å². The molecule has 0 aromatic carbocycles. The Morgan fingerprint density at radius 1 is 0.960 bits per heavy atom. The minimum Gasteiger partial charge on any atom is -0.227 e. The van der Waals surface area contributed by atoms with Crippen LogP contribution in [0.3, 0.4) is 0 Å². The zero-order valence-electron chi connectivity index (χ0n) is 13.9. The van der Waals surface area contributed by atoms with Crippen molar-refractivity contribution in [3.8, 4) is 0 Å². The Hall–Kier alpha value is -0.360.